The van der Waals surface area contributed by atoms with Crippen LogP contribution in [0.4, 0.5) is 32.0 Å². The molecule has 0 radical (unpaired) electrons. The molecule has 1 aliphatic rings. The number of ether oxygens (including phenoxy) is 1. The van der Waals surface area contributed by atoms with E-state index >= 15 is 0 Å². The number of rotatable bonds is 7. The molecule has 2 aromatic rings. The fourth-order valence-corrected chi connectivity index (χ4v) is 3.51. The van der Waals surface area contributed by atoms with Crippen molar-refractivity contribution in [2.75, 3.05) is 24.6 Å². The van der Waals surface area contributed by atoms with Gasteiger partial charge in [-0.2, -0.15) is 26.3 Å². The third-order valence-electron chi connectivity index (χ3n) is 5.48. The second-order valence-electron chi connectivity index (χ2n) is 7.95. The zero-order valence-electron chi connectivity index (χ0n) is 17.3. The maximum atomic E-state index is 13.3. The number of carboxylic acid groups (broad SMARTS) is 1. The van der Waals surface area contributed by atoms with Gasteiger partial charge < -0.3 is 19.8 Å². The summed E-state index contributed by atoms with van der Waals surface area (Å²) in [6.07, 6.45) is -10.8. The molecule has 0 saturated carbocycles. The van der Waals surface area contributed by atoms with Gasteiger partial charge in [0.1, 0.15) is 5.75 Å². The molecule has 11 heteroatoms. The molecule has 3 rings (SSSR count). The monoisotopic (exact) mass is 477 g/mol. The van der Waals surface area contributed by atoms with Gasteiger partial charge in [-0.1, -0.05) is 12.1 Å². The van der Waals surface area contributed by atoms with Gasteiger partial charge in [-0.25, -0.2) is 0 Å². The van der Waals surface area contributed by atoms with Gasteiger partial charge in [0.2, 0.25) is 0 Å². The molecule has 0 unspecified atom stereocenters. The van der Waals surface area contributed by atoms with Gasteiger partial charge in [0, 0.05) is 24.7 Å². The highest BCUT2D eigenvalue weighted by Gasteiger charge is 2.40. The summed E-state index contributed by atoms with van der Waals surface area (Å²) in [5.41, 5.74) is -2.49. The Morgan fingerprint density at radius 3 is 2.33 bits per heavy atom. The Kier molecular flexibility index (Phi) is 6.83. The van der Waals surface area contributed by atoms with Gasteiger partial charge in [-0.15, -0.1) is 0 Å². The summed E-state index contributed by atoms with van der Waals surface area (Å²) in [6.45, 7) is 1.59. The Balaban J connectivity index is 1.65. The van der Waals surface area contributed by atoms with Gasteiger partial charge in [-0.3, -0.25) is 4.79 Å². The fraction of sp³-hybridized carbons (Fsp3) is 0.409. The second-order valence-corrected chi connectivity index (χ2v) is 7.95. The average Bonchev–Trinajstić information content (AvgIpc) is 2.70. The summed E-state index contributed by atoms with van der Waals surface area (Å²) in [4.78, 5) is 12.3. The Morgan fingerprint density at radius 1 is 1.09 bits per heavy atom. The van der Waals surface area contributed by atoms with Crippen LogP contribution < -0.4 is 9.64 Å². The van der Waals surface area contributed by atoms with E-state index in [-0.39, 0.29) is 25.6 Å². The minimum atomic E-state index is -4.80. The van der Waals surface area contributed by atoms with Crippen LogP contribution in [0.1, 0.15) is 29.7 Å². The van der Waals surface area contributed by atoms with Crippen molar-refractivity contribution in [3.63, 3.8) is 0 Å². The smallest absolute Gasteiger partial charge is 0.418 e. The number of halogens is 6. The van der Waals surface area contributed by atoms with Crippen molar-refractivity contribution in [3.8, 4) is 5.75 Å². The molecule has 0 amide bonds. The zero-order valence-corrected chi connectivity index (χ0v) is 17.3. The molecule has 2 N–H and O–H groups in total. The molecule has 1 heterocycles. The van der Waals surface area contributed by atoms with Crippen LogP contribution in [-0.4, -0.2) is 35.9 Å². The van der Waals surface area contributed by atoms with Crippen molar-refractivity contribution in [1.29, 1.82) is 0 Å². The summed E-state index contributed by atoms with van der Waals surface area (Å²) in [5, 5.41) is 19.2. The van der Waals surface area contributed by atoms with Crippen LogP contribution >= 0.6 is 0 Å². The third kappa shape index (κ3) is 5.70. The van der Waals surface area contributed by atoms with E-state index in [1.54, 1.807) is 12.1 Å². The predicted octanol–water partition coefficient (Wildman–Crippen LogP) is 4.99. The van der Waals surface area contributed by atoms with Crippen LogP contribution in [0, 0.1) is 11.8 Å². The Bertz CT molecular complexity index is 1000. The number of carboxylic acids is 1. The SMILES string of the molecule is C[C@H](C(=O)O)[C@@H](O)c1cccc(OCC2CN(c3cc(C(F)(F)F)ccc3C(F)(F)F)C2)c1. The number of hydrogen-bond donors (Lipinski definition) is 2. The normalized spacial score (nSPS) is 16.8. The first kappa shape index (κ1) is 24.7. The summed E-state index contributed by atoms with van der Waals surface area (Å²) < 4.78 is 84.4. The van der Waals surface area contributed by atoms with E-state index in [2.05, 4.69) is 0 Å². The maximum Gasteiger partial charge on any atom is 0.418 e. The summed E-state index contributed by atoms with van der Waals surface area (Å²) in [6, 6.07) is 7.51. The molecule has 5 nitrogen and oxygen atoms in total. The van der Waals surface area contributed by atoms with E-state index in [4.69, 9.17) is 9.84 Å². The first-order valence-electron chi connectivity index (χ1n) is 9.94. The van der Waals surface area contributed by atoms with E-state index in [1.165, 1.54) is 24.0 Å². The molecule has 1 saturated heterocycles. The number of carbonyl (C=O) groups is 1. The van der Waals surface area contributed by atoms with Crippen molar-refractivity contribution in [2.24, 2.45) is 11.8 Å². The van der Waals surface area contributed by atoms with E-state index < -0.39 is 47.2 Å². The van der Waals surface area contributed by atoms with Crippen molar-refractivity contribution in [1.82, 2.24) is 0 Å². The van der Waals surface area contributed by atoms with Gasteiger partial charge in [0.15, 0.2) is 0 Å². The lowest BCUT2D eigenvalue weighted by Gasteiger charge is -2.42. The molecular formula is C22H21F6NO4. The van der Waals surface area contributed by atoms with Gasteiger partial charge >= 0.3 is 18.3 Å². The molecule has 180 valence electrons. The van der Waals surface area contributed by atoms with Crippen LogP contribution in [0.15, 0.2) is 42.5 Å². The summed E-state index contributed by atoms with van der Waals surface area (Å²) in [5.74, 6) is -2.11. The molecule has 33 heavy (non-hydrogen) atoms. The highest BCUT2D eigenvalue weighted by molar-refractivity contribution is 5.70. The van der Waals surface area contributed by atoms with Gasteiger partial charge in [0.05, 0.1) is 29.8 Å². The molecule has 2 aromatic carbocycles. The van der Waals surface area contributed by atoms with Crippen LogP contribution in [-0.2, 0) is 17.1 Å². The lowest BCUT2D eigenvalue weighted by Crippen LogP contribution is -2.50. The van der Waals surface area contributed by atoms with Crippen molar-refractivity contribution >= 4 is 11.7 Å². The van der Waals surface area contributed by atoms with E-state index in [0.717, 1.165) is 0 Å². The molecule has 0 spiro atoms. The molecule has 2 atom stereocenters. The van der Waals surface area contributed by atoms with Crippen molar-refractivity contribution in [3.05, 3.63) is 59.2 Å². The number of hydrogen-bond acceptors (Lipinski definition) is 4. The topological polar surface area (TPSA) is 70.0 Å². The molecular weight excluding hydrogens is 456 g/mol. The number of anilines is 1. The molecule has 1 aliphatic heterocycles. The minimum absolute atomic E-state index is 0.0722. The number of aliphatic hydroxyl groups excluding tert-OH is 1. The minimum Gasteiger partial charge on any atom is -0.493 e. The van der Waals surface area contributed by atoms with E-state index in [9.17, 15) is 36.2 Å². The van der Waals surface area contributed by atoms with E-state index in [1.807, 2.05) is 0 Å². The summed E-state index contributed by atoms with van der Waals surface area (Å²) in [7, 11) is 0. The molecule has 0 bridgehead atoms. The number of alkyl halides is 6. The van der Waals surface area contributed by atoms with Crippen molar-refractivity contribution < 1.29 is 46.1 Å². The Hall–Kier alpha value is -2.95. The van der Waals surface area contributed by atoms with Gasteiger partial charge in [0.25, 0.3) is 0 Å². The largest absolute Gasteiger partial charge is 0.493 e. The molecule has 1 fully saturated rings. The first-order valence-corrected chi connectivity index (χ1v) is 9.94. The van der Waals surface area contributed by atoms with Crippen molar-refractivity contribution in [2.45, 2.75) is 25.4 Å². The highest BCUT2D eigenvalue weighted by Crippen LogP contribution is 2.42. The number of benzene rings is 2. The van der Waals surface area contributed by atoms with Crippen LogP contribution in [0.3, 0.4) is 0 Å². The highest BCUT2D eigenvalue weighted by atomic mass is 19.4. The van der Waals surface area contributed by atoms with E-state index in [0.29, 0.717) is 29.5 Å². The fourth-order valence-electron chi connectivity index (χ4n) is 3.51. The third-order valence-corrected chi connectivity index (χ3v) is 5.48. The van der Waals surface area contributed by atoms with Crippen LogP contribution in [0.2, 0.25) is 0 Å². The zero-order chi connectivity index (χ0) is 24.6. The first-order chi connectivity index (χ1) is 15.3. The quantitative estimate of drug-likeness (QED) is 0.550. The predicted molar refractivity (Wildman–Crippen MR) is 106 cm³/mol. The maximum absolute atomic E-state index is 13.3. The summed E-state index contributed by atoms with van der Waals surface area (Å²) >= 11 is 0. The van der Waals surface area contributed by atoms with Crippen LogP contribution in [0.25, 0.3) is 0 Å². The van der Waals surface area contributed by atoms with Crippen LogP contribution in [0.5, 0.6) is 5.75 Å². The molecule has 0 aliphatic carbocycles. The Morgan fingerprint density at radius 2 is 1.76 bits per heavy atom. The number of nitrogens with zero attached hydrogens (tertiary/aromatic N) is 1. The standard InChI is InChI=1S/C22H21F6NO4/c1-12(20(31)32)19(30)14-3-2-4-16(7-14)33-11-13-9-29(10-13)18-8-15(21(23,24)25)5-6-17(18)22(26,27)28/h2-8,12-13,19,30H,9-11H2,1H3,(H,31,32)/t12-,19+/m0/s1. The Labute approximate surface area is 185 Å². The lowest BCUT2D eigenvalue weighted by molar-refractivity contribution is -0.145. The molecule has 0 aromatic heterocycles. The van der Waals surface area contributed by atoms with Gasteiger partial charge in [-0.05, 0) is 42.8 Å². The lowest BCUT2D eigenvalue weighted by atomic mass is 9.97. The second kappa shape index (κ2) is 9.12. The number of aliphatic hydroxyl groups is 1. The number of aliphatic carboxylic acids is 1. The average molecular weight is 477 g/mol.